The molecule has 0 amide bonds. The third-order valence-corrected chi connectivity index (χ3v) is 4.91. The van der Waals surface area contributed by atoms with Crippen LogP contribution in [0.25, 0.3) is 11.4 Å². The molecule has 0 spiro atoms. The number of aryl methyl sites for hydroxylation is 2. The van der Waals surface area contributed by atoms with Gasteiger partial charge in [0.25, 0.3) is 0 Å². The second kappa shape index (κ2) is 7.70. The van der Waals surface area contributed by atoms with Gasteiger partial charge in [-0.15, -0.1) is 0 Å². The Labute approximate surface area is 158 Å². The zero-order chi connectivity index (χ0) is 18.6. The van der Waals surface area contributed by atoms with Gasteiger partial charge in [-0.05, 0) is 37.1 Å². The topological polar surface area (TPSA) is 60.9 Å². The molecule has 6 heteroatoms. The van der Waals surface area contributed by atoms with E-state index in [0.717, 1.165) is 42.3 Å². The van der Waals surface area contributed by atoms with E-state index in [1.165, 1.54) is 12.8 Å². The number of Topliss-reactive ketones (excluding diaryl/α,β-unsaturated/α-hetero) is 1. The van der Waals surface area contributed by atoms with Gasteiger partial charge in [0.2, 0.25) is 12.3 Å². The molecule has 0 N–H and O–H groups in total. The lowest BCUT2D eigenvalue weighted by Gasteiger charge is -2.01. The van der Waals surface area contributed by atoms with Gasteiger partial charge in [-0.1, -0.05) is 6.42 Å². The Hall–Kier alpha value is -3.02. The number of carbonyl (C=O) groups excluding carboxylic acids is 1. The molecule has 1 aromatic carbocycles. The van der Waals surface area contributed by atoms with Crippen molar-refractivity contribution in [2.75, 3.05) is 7.11 Å². The maximum Gasteiger partial charge on any atom is 0.227 e. The van der Waals surface area contributed by atoms with Crippen molar-refractivity contribution in [3.8, 4) is 17.1 Å². The predicted molar refractivity (Wildman–Crippen MR) is 101 cm³/mol. The van der Waals surface area contributed by atoms with Crippen molar-refractivity contribution in [2.24, 2.45) is 0 Å². The molecular weight excluding hydrogens is 340 g/mol. The first-order chi connectivity index (χ1) is 13.2. The average Bonchev–Trinajstić information content (AvgIpc) is 2.99. The van der Waals surface area contributed by atoms with Gasteiger partial charge in [-0.25, -0.2) is 9.67 Å². The molecule has 3 heterocycles. The number of nitrogens with zero attached hydrogens (tertiary/aromatic N) is 4. The lowest BCUT2D eigenvalue weighted by atomic mass is 10.1. The Morgan fingerprint density at radius 2 is 1.89 bits per heavy atom. The lowest BCUT2D eigenvalue weighted by Crippen LogP contribution is -2.37. The van der Waals surface area contributed by atoms with Gasteiger partial charge >= 0.3 is 0 Å². The molecule has 0 fully saturated rings. The molecule has 1 aliphatic rings. The Morgan fingerprint density at radius 1 is 1.11 bits per heavy atom. The first-order valence-electron chi connectivity index (χ1n) is 9.33. The Balaban J connectivity index is 1.46. The molecule has 0 radical (unpaired) electrons. The second-order valence-corrected chi connectivity index (χ2v) is 6.80. The minimum Gasteiger partial charge on any atom is -0.497 e. The number of benzene rings is 1. The largest absolute Gasteiger partial charge is 0.497 e. The van der Waals surface area contributed by atoms with Crippen LogP contribution in [0.1, 0.15) is 35.4 Å². The molecule has 0 bridgehead atoms. The van der Waals surface area contributed by atoms with Crippen LogP contribution in [0.5, 0.6) is 5.75 Å². The third-order valence-electron chi connectivity index (χ3n) is 4.91. The highest BCUT2D eigenvalue weighted by molar-refractivity contribution is 5.95. The zero-order valence-corrected chi connectivity index (χ0v) is 15.5. The molecular formula is C21H23N4O2+. The van der Waals surface area contributed by atoms with Crippen LogP contribution in [-0.2, 0) is 19.5 Å². The number of pyridine rings is 1. The number of hydrogen-bond donors (Lipinski definition) is 0. The number of methoxy groups -OCH3 is 1. The number of rotatable bonds is 5. The molecule has 0 aliphatic carbocycles. The van der Waals surface area contributed by atoms with Crippen molar-refractivity contribution in [3.63, 3.8) is 0 Å². The van der Waals surface area contributed by atoms with E-state index in [4.69, 9.17) is 9.72 Å². The van der Waals surface area contributed by atoms with E-state index in [2.05, 4.69) is 5.10 Å². The van der Waals surface area contributed by atoms with Crippen LogP contribution in [0.2, 0.25) is 0 Å². The highest BCUT2D eigenvalue weighted by Gasteiger charge is 2.16. The van der Waals surface area contributed by atoms with Crippen LogP contribution in [0.4, 0.5) is 0 Å². The summed E-state index contributed by atoms with van der Waals surface area (Å²) in [5.41, 5.74) is 1.65. The van der Waals surface area contributed by atoms with E-state index >= 15 is 0 Å². The van der Waals surface area contributed by atoms with E-state index in [0.29, 0.717) is 12.1 Å². The van der Waals surface area contributed by atoms with Gasteiger partial charge in [0.05, 0.1) is 7.11 Å². The van der Waals surface area contributed by atoms with Crippen molar-refractivity contribution in [2.45, 2.75) is 38.8 Å². The highest BCUT2D eigenvalue weighted by atomic mass is 16.5. The molecule has 138 valence electrons. The normalized spacial score (nSPS) is 13.7. The zero-order valence-electron chi connectivity index (χ0n) is 15.5. The Morgan fingerprint density at radius 3 is 2.63 bits per heavy atom. The van der Waals surface area contributed by atoms with Gasteiger partial charge in [0.15, 0.2) is 18.2 Å². The van der Waals surface area contributed by atoms with E-state index in [-0.39, 0.29) is 5.78 Å². The van der Waals surface area contributed by atoms with Gasteiger partial charge in [-0.2, -0.15) is 9.67 Å². The van der Waals surface area contributed by atoms with E-state index < -0.39 is 0 Å². The maximum atomic E-state index is 12.4. The summed E-state index contributed by atoms with van der Waals surface area (Å²) >= 11 is 0. The number of fused-ring (bicyclic) bond motifs is 1. The second-order valence-electron chi connectivity index (χ2n) is 6.80. The van der Waals surface area contributed by atoms with Crippen molar-refractivity contribution < 1.29 is 14.1 Å². The molecule has 3 aromatic rings. The summed E-state index contributed by atoms with van der Waals surface area (Å²) in [5, 5.41) is 4.65. The summed E-state index contributed by atoms with van der Waals surface area (Å²) in [6.45, 7) is 1.24. The average molecular weight is 363 g/mol. The van der Waals surface area contributed by atoms with Crippen LogP contribution in [0.15, 0.2) is 48.8 Å². The van der Waals surface area contributed by atoms with Crippen LogP contribution < -0.4 is 9.30 Å². The Kier molecular flexibility index (Phi) is 4.96. The standard InChI is InChI=1S/C21H23N4O2/c1-27-18-8-6-16(7-9-18)19(26)15-24-13-10-17(11-14-24)21-22-20-5-3-2-4-12-25(20)23-21/h6-11,13-14H,2-5,12,15H2,1H3/q+1. The predicted octanol–water partition coefficient (Wildman–Crippen LogP) is 2.85. The summed E-state index contributed by atoms with van der Waals surface area (Å²) in [5.74, 6) is 2.64. The fraction of sp³-hybridized carbons (Fsp3) is 0.333. The fourth-order valence-electron chi connectivity index (χ4n) is 3.33. The van der Waals surface area contributed by atoms with E-state index in [1.807, 2.05) is 33.8 Å². The molecule has 2 aromatic heterocycles. The smallest absolute Gasteiger partial charge is 0.227 e. The summed E-state index contributed by atoms with van der Waals surface area (Å²) in [4.78, 5) is 17.1. The van der Waals surface area contributed by atoms with Crippen molar-refractivity contribution in [3.05, 3.63) is 60.2 Å². The fourth-order valence-corrected chi connectivity index (χ4v) is 3.33. The molecule has 0 unspecified atom stereocenters. The summed E-state index contributed by atoms with van der Waals surface area (Å²) in [6.07, 6.45) is 8.40. The number of ketones is 1. The third kappa shape index (κ3) is 3.89. The van der Waals surface area contributed by atoms with E-state index in [9.17, 15) is 4.79 Å². The van der Waals surface area contributed by atoms with Crippen LogP contribution in [0.3, 0.4) is 0 Å². The molecule has 0 saturated heterocycles. The monoisotopic (exact) mass is 363 g/mol. The molecule has 0 saturated carbocycles. The molecule has 1 aliphatic heterocycles. The van der Waals surface area contributed by atoms with Gasteiger partial charge < -0.3 is 4.74 Å². The van der Waals surface area contributed by atoms with Crippen molar-refractivity contribution >= 4 is 5.78 Å². The number of ether oxygens (including phenoxy) is 1. The van der Waals surface area contributed by atoms with Crippen molar-refractivity contribution in [1.29, 1.82) is 0 Å². The van der Waals surface area contributed by atoms with Crippen LogP contribution in [-0.4, -0.2) is 27.7 Å². The quantitative estimate of drug-likeness (QED) is 0.517. The molecule has 27 heavy (non-hydrogen) atoms. The van der Waals surface area contributed by atoms with E-state index in [1.54, 1.807) is 31.4 Å². The van der Waals surface area contributed by atoms with Gasteiger partial charge in [0, 0.05) is 36.2 Å². The summed E-state index contributed by atoms with van der Waals surface area (Å²) in [6, 6.07) is 11.1. The maximum absolute atomic E-state index is 12.4. The molecule has 6 nitrogen and oxygen atoms in total. The number of hydrogen-bond acceptors (Lipinski definition) is 4. The molecule has 4 rings (SSSR count). The van der Waals surface area contributed by atoms with Crippen molar-refractivity contribution in [1.82, 2.24) is 14.8 Å². The van der Waals surface area contributed by atoms with Gasteiger partial charge in [-0.3, -0.25) is 4.79 Å². The number of carbonyl (C=O) groups is 1. The minimum atomic E-state index is 0.0576. The van der Waals surface area contributed by atoms with Crippen LogP contribution in [0, 0.1) is 0 Å². The summed E-state index contributed by atoms with van der Waals surface area (Å²) in [7, 11) is 1.61. The first-order valence-corrected chi connectivity index (χ1v) is 9.33. The molecule has 0 atom stereocenters. The van der Waals surface area contributed by atoms with Gasteiger partial charge in [0.1, 0.15) is 11.6 Å². The lowest BCUT2D eigenvalue weighted by molar-refractivity contribution is -0.683. The number of aromatic nitrogens is 4. The van der Waals surface area contributed by atoms with Crippen LogP contribution >= 0.6 is 0 Å². The minimum absolute atomic E-state index is 0.0576. The summed E-state index contributed by atoms with van der Waals surface area (Å²) < 4.78 is 9.04. The Bertz CT molecular complexity index is 906. The SMILES string of the molecule is COc1ccc(C(=O)C[n+]2ccc(-c3nc4n(n3)CCCCC4)cc2)cc1. The highest BCUT2D eigenvalue weighted by Crippen LogP contribution is 2.18. The first kappa shape index (κ1) is 17.4.